The third kappa shape index (κ3) is 2.47. The molecule has 0 aliphatic rings. The molecular weight excluding hydrogens is 304 g/mol. The minimum Gasteiger partial charge on any atom is -0.319 e. The first kappa shape index (κ1) is 14.0. The van der Waals surface area contributed by atoms with Crippen molar-refractivity contribution in [2.45, 2.75) is 6.92 Å². The van der Waals surface area contributed by atoms with Crippen LogP contribution in [-0.2, 0) is 0 Å². The van der Waals surface area contributed by atoms with Crippen LogP contribution in [0.4, 0.5) is 5.69 Å². The summed E-state index contributed by atoms with van der Waals surface area (Å²) in [6.45, 7) is 1.84. The van der Waals surface area contributed by atoms with E-state index >= 15 is 0 Å². The molecule has 0 atom stereocenters. The summed E-state index contributed by atoms with van der Waals surface area (Å²) in [6, 6.07) is 8.33. The summed E-state index contributed by atoms with van der Waals surface area (Å²) in [5.74, 6) is -0.129. The maximum absolute atomic E-state index is 12.2. The van der Waals surface area contributed by atoms with Crippen LogP contribution < -0.4 is 5.32 Å². The fourth-order valence-corrected chi connectivity index (χ4v) is 2.10. The van der Waals surface area contributed by atoms with Crippen LogP contribution in [0.2, 0.25) is 5.02 Å². The Morgan fingerprint density at radius 2 is 2.23 bits per heavy atom. The van der Waals surface area contributed by atoms with E-state index in [0.29, 0.717) is 17.0 Å². The quantitative estimate of drug-likeness (QED) is 0.782. The number of hydrogen-bond donors (Lipinski definition) is 1. The second-order valence-electron chi connectivity index (χ2n) is 4.49. The SMILES string of the molecule is Cc1ccnc2nc(C(=O)Nc3ccc(C#N)c(Cl)c3)nn12. The van der Waals surface area contributed by atoms with Gasteiger partial charge in [-0.1, -0.05) is 11.6 Å². The highest BCUT2D eigenvalue weighted by Gasteiger charge is 2.15. The fourth-order valence-electron chi connectivity index (χ4n) is 1.87. The largest absolute Gasteiger partial charge is 0.319 e. The zero-order chi connectivity index (χ0) is 15.7. The summed E-state index contributed by atoms with van der Waals surface area (Å²) >= 11 is 5.92. The maximum atomic E-state index is 12.2. The van der Waals surface area contributed by atoms with Crippen LogP contribution in [0.15, 0.2) is 30.5 Å². The minimum atomic E-state index is -0.481. The molecule has 1 N–H and O–H groups in total. The van der Waals surface area contributed by atoms with E-state index in [1.807, 2.05) is 13.0 Å². The topological polar surface area (TPSA) is 96.0 Å². The molecule has 108 valence electrons. The summed E-state index contributed by atoms with van der Waals surface area (Å²) < 4.78 is 1.49. The number of carbonyl (C=O) groups is 1. The lowest BCUT2D eigenvalue weighted by Crippen LogP contribution is -2.14. The van der Waals surface area contributed by atoms with E-state index in [2.05, 4.69) is 20.4 Å². The summed E-state index contributed by atoms with van der Waals surface area (Å²) in [7, 11) is 0. The Morgan fingerprint density at radius 1 is 1.41 bits per heavy atom. The number of nitrogens with zero attached hydrogens (tertiary/aromatic N) is 5. The number of aromatic nitrogens is 4. The van der Waals surface area contributed by atoms with Crippen LogP contribution in [0.1, 0.15) is 21.9 Å². The number of hydrogen-bond acceptors (Lipinski definition) is 5. The smallest absolute Gasteiger partial charge is 0.295 e. The Kier molecular flexibility index (Phi) is 3.45. The minimum absolute atomic E-state index is 0.00211. The predicted molar refractivity (Wildman–Crippen MR) is 79.6 cm³/mol. The van der Waals surface area contributed by atoms with Gasteiger partial charge in [0.15, 0.2) is 0 Å². The van der Waals surface area contributed by atoms with Gasteiger partial charge in [0.25, 0.3) is 11.7 Å². The fraction of sp³-hybridized carbons (Fsp3) is 0.0714. The molecule has 0 fully saturated rings. The van der Waals surface area contributed by atoms with Gasteiger partial charge in [-0.15, -0.1) is 5.10 Å². The third-order valence-corrected chi connectivity index (χ3v) is 3.29. The number of benzene rings is 1. The average molecular weight is 313 g/mol. The van der Waals surface area contributed by atoms with Crippen molar-refractivity contribution in [3.8, 4) is 6.07 Å². The molecule has 7 nitrogen and oxygen atoms in total. The number of carbonyl (C=O) groups excluding carboxylic acids is 1. The molecule has 0 radical (unpaired) electrons. The standard InChI is InChI=1S/C14H9ClN6O/c1-8-4-5-17-14-19-12(20-21(8)14)13(22)18-10-3-2-9(7-16)11(15)6-10/h2-6H,1H3,(H,18,22). The molecule has 0 bridgehead atoms. The van der Waals surface area contributed by atoms with Gasteiger partial charge < -0.3 is 5.32 Å². The third-order valence-electron chi connectivity index (χ3n) is 2.98. The van der Waals surface area contributed by atoms with Crippen LogP contribution in [0.5, 0.6) is 0 Å². The molecule has 0 saturated heterocycles. The lowest BCUT2D eigenvalue weighted by atomic mass is 10.2. The van der Waals surface area contributed by atoms with E-state index in [1.54, 1.807) is 18.3 Å². The molecule has 0 saturated carbocycles. The van der Waals surface area contributed by atoms with Crippen molar-refractivity contribution in [1.29, 1.82) is 5.26 Å². The molecule has 3 rings (SSSR count). The van der Waals surface area contributed by atoms with E-state index in [9.17, 15) is 4.79 Å². The van der Waals surface area contributed by atoms with Crippen molar-refractivity contribution in [2.75, 3.05) is 5.32 Å². The van der Waals surface area contributed by atoms with Gasteiger partial charge in [-0.2, -0.15) is 10.2 Å². The first-order chi connectivity index (χ1) is 10.6. The first-order valence-corrected chi connectivity index (χ1v) is 6.65. The molecule has 22 heavy (non-hydrogen) atoms. The van der Waals surface area contributed by atoms with Crippen molar-refractivity contribution < 1.29 is 4.79 Å². The predicted octanol–water partition coefficient (Wildman–Crippen LogP) is 2.21. The number of anilines is 1. The Balaban J connectivity index is 1.89. The molecule has 1 aromatic carbocycles. The average Bonchev–Trinajstić information content (AvgIpc) is 2.93. The Hall–Kier alpha value is -2.98. The van der Waals surface area contributed by atoms with Gasteiger partial charge in [-0.3, -0.25) is 4.79 Å². The van der Waals surface area contributed by atoms with Gasteiger partial charge in [0.2, 0.25) is 5.82 Å². The second-order valence-corrected chi connectivity index (χ2v) is 4.90. The molecule has 2 aromatic heterocycles. The van der Waals surface area contributed by atoms with E-state index in [1.165, 1.54) is 16.6 Å². The highest BCUT2D eigenvalue weighted by Crippen LogP contribution is 2.20. The monoisotopic (exact) mass is 312 g/mol. The van der Waals surface area contributed by atoms with Gasteiger partial charge in [0.05, 0.1) is 10.6 Å². The van der Waals surface area contributed by atoms with Gasteiger partial charge in [0, 0.05) is 17.6 Å². The number of fused-ring (bicyclic) bond motifs is 1. The highest BCUT2D eigenvalue weighted by molar-refractivity contribution is 6.32. The second kappa shape index (κ2) is 5.42. The number of nitrogens with one attached hydrogen (secondary N) is 1. The molecule has 0 unspecified atom stereocenters. The number of rotatable bonds is 2. The van der Waals surface area contributed by atoms with Crippen LogP contribution in [0.3, 0.4) is 0 Å². The summed E-state index contributed by atoms with van der Waals surface area (Å²) in [6.07, 6.45) is 1.60. The van der Waals surface area contributed by atoms with Crippen molar-refractivity contribution in [3.05, 3.63) is 52.6 Å². The number of amides is 1. The van der Waals surface area contributed by atoms with E-state index in [4.69, 9.17) is 16.9 Å². The zero-order valence-electron chi connectivity index (χ0n) is 11.4. The molecule has 1 amide bonds. The summed E-state index contributed by atoms with van der Waals surface area (Å²) in [5, 5.41) is 15.8. The van der Waals surface area contributed by atoms with E-state index < -0.39 is 5.91 Å². The summed E-state index contributed by atoms with van der Waals surface area (Å²) in [4.78, 5) is 20.3. The first-order valence-electron chi connectivity index (χ1n) is 6.28. The molecule has 0 aliphatic heterocycles. The van der Waals surface area contributed by atoms with Crippen molar-refractivity contribution in [1.82, 2.24) is 19.6 Å². The number of halogens is 1. The van der Waals surface area contributed by atoms with Crippen molar-refractivity contribution >= 4 is 29.0 Å². The van der Waals surface area contributed by atoms with Crippen molar-refractivity contribution in [2.24, 2.45) is 0 Å². The maximum Gasteiger partial charge on any atom is 0.295 e. The van der Waals surface area contributed by atoms with E-state index in [-0.39, 0.29) is 10.8 Å². The molecule has 0 spiro atoms. The van der Waals surface area contributed by atoms with Crippen LogP contribution in [-0.4, -0.2) is 25.5 Å². The lowest BCUT2D eigenvalue weighted by Gasteiger charge is -2.03. The molecule has 3 aromatic rings. The van der Waals surface area contributed by atoms with Crippen LogP contribution in [0.25, 0.3) is 5.78 Å². The highest BCUT2D eigenvalue weighted by atomic mass is 35.5. The van der Waals surface area contributed by atoms with Crippen LogP contribution in [0, 0.1) is 18.3 Å². The molecule has 8 heteroatoms. The Labute approximate surface area is 130 Å². The Morgan fingerprint density at radius 3 is 2.91 bits per heavy atom. The van der Waals surface area contributed by atoms with Gasteiger partial charge in [-0.05, 0) is 31.2 Å². The van der Waals surface area contributed by atoms with Crippen LogP contribution >= 0.6 is 11.6 Å². The number of aryl methyl sites for hydroxylation is 1. The lowest BCUT2D eigenvalue weighted by molar-refractivity contribution is 0.101. The van der Waals surface area contributed by atoms with Gasteiger partial charge in [-0.25, -0.2) is 9.50 Å². The molecule has 0 aliphatic carbocycles. The molecule has 2 heterocycles. The van der Waals surface area contributed by atoms with Gasteiger partial charge in [0.1, 0.15) is 6.07 Å². The zero-order valence-corrected chi connectivity index (χ0v) is 12.2. The molecular formula is C14H9ClN6O. The normalized spacial score (nSPS) is 10.4. The number of nitriles is 1. The summed E-state index contributed by atoms with van der Waals surface area (Å²) in [5.41, 5.74) is 1.61. The van der Waals surface area contributed by atoms with E-state index in [0.717, 1.165) is 5.69 Å². The Bertz CT molecular complexity index is 927. The van der Waals surface area contributed by atoms with Crippen molar-refractivity contribution in [3.63, 3.8) is 0 Å². The van der Waals surface area contributed by atoms with Gasteiger partial charge >= 0.3 is 0 Å².